The SMILES string of the molecule is Cc1ccc(OCC(=O)Nc2cc3c(cc2S(=O)(=O)c2ccccc2)n(C)c(=O)n3C)cc1. The quantitative estimate of drug-likeness (QED) is 0.472. The van der Waals surface area contributed by atoms with Crippen LogP contribution in [0.15, 0.2) is 81.3 Å². The molecule has 1 amide bonds. The van der Waals surface area contributed by atoms with E-state index in [1.165, 1.54) is 33.4 Å². The van der Waals surface area contributed by atoms with Gasteiger partial charge in [-0.1, -0.05) is 35.9 Å². The monoisotopic (exact) mass is 465 g/mol. The molecule has 0 saturated heterocycles. The Kier molecular flexibility index (Phi) is 5.82. The number of carbonyl (C=O) groups excluding carboxylic acids is 1. The van der Waals surface area contributed by atoms with E-state index in [4.69, 9.17) is 4.74 Å². The molecule has 0 atom stereocenters. The topological polar surface area (TPSA) is 99.4 Å². The van der Waals surface area contributed by atoms with Gasteiger partial charge in [-0.05, 0) is 43.3 Å². The maximum Gasteiger partial charge on any atom is 0.328 e. The number of benzene rings is 3. The maximum absolute atomic E-state index is 13.4. The molecule has 1 heterocycles. The number of hydrogen-bond donors (Lipinski definition) is 1. The molecular formula is C24H23N3O5S. The Morgan fingerprint density at radius 1 is 0.939 bits per heavy atom. The molecule has 0 fully saturated rings. The lowest BCUT2D eigenvalue weighted by Gasteiger charge is -2.14. The highest BCUT2D eigenvalue weighted by molar-refractivity contribution is 7.91. The number of carbonyl (C=O) groups is 1. The molecule has 4 aromatic rings. The summed E-state index contributed by atoms with van der Waals surface area (Å²) >= 11 is 0. The minimum Gasteiger partial charge on any atom is -0.484 e. The highest BCUT2D eigenvalue weighted by atomic mass is 32.2. The molecule has 0 bridgehead atoms. The Morgan fingerprint density at radius 3 is 2.18 bits per heavy atom. The average Bonchev–Trinajstić information content (AvgIpc) is 3.02. The minimum absolute atomic E-state index is 0.0741. The van der Waals surface area contributed by atoms with Crippen LogP contribution in [0.4, 0.5) is 5.69 Å². The van der Waals surface area contributed by atoms with E-state index in [1.54, 1.807) is 44.4 Å². The molecule has 0 saturated carbocycles. The highest BCUT2D eigenvalue weighted by Crippen LogP contribution is 2.31. The standard InChI is InChI=1S/C24H23N3O5S/c1-16-9-11-17(12-10-16)32-15-23(28)25-19-13-20-21(27(3)24(29)26(20)2)14-22(19)33(30,31)18-7-5-4-6-8-18/h4-14H,15H2,1-3H3,(H,25,28). The van der Waals surface area contributed by atoms with Crippen LogP contribution in [-0.2, 0) is 28.7 Å². The number of rotatable bonds is 6. The van der Waals surface area contributed by atoms with Gasteiger partial charge in [-0.3, -0.25) is 13.9 Å². The fourth-order valence-corrected chi connectivity index (χ4v) is 4.98. The zero-order chi connectivity index (χ0) is 23.8. The predicted octanol–water partition coefficient (Wildman–Crippen LogP) is 3.04. The minimum atomic E-state index is -3.98. The number of fused-ring (bicyclic) bond motifs is 1. The van der Waals surface area contributed by atoms with Crippen molar-refractivity contribution in [2.75, 3.05) is 11.9 Å². The summed E-state index contributed by atoms with van der Waals surface area (Å²) in [7, 11) is -0.827. The molecule has 1 aromatic heterocycles. The molecule has 3 aromatic carbocycles. The molecule has 0 radical (unpaired) electrons. The first-order chi connectivity index (χ1) is 15.7. The fraction of sp³-hybridized carbons (Fsp3) is 0.167. The summed E-state index contributed by atoms with van der Waals surface area (Å²) in [5, 5.41) is 2.65. The molecule has 33 heavy (non-hydrogen) atoms. The van der Waals surface area contributed by atoms with Gasteiger partial charge >= 0.3 is 5.69 Å². The van der Waals surface area contributed by atoms with Gasteiger partial charge in [0.25, 0.3) is 5.91 Å². The second kappa shape index (κ2) is 8.59. The van der Waals surface area contributed by atoms with Crippen LogP contribution in [0, 0.1) is 6.92 Å². The fourth-order valence-electron chi connectivity index (χ4n) is 3.54. The van der Waals surface area contributed by atoms with Gasteiger partial charge in [0, 0.05) is 14.1 Å². The van der Waals surface area contributed by atoms with E-state index in [2.05, 4.69) is 5.32 Å². The van der Waals surface area contributed by atoms with Crippen molar-refractivity contribution in [2.45, 2.75) is 16.7 Å². The van der Waals surface area contributed by atoms with E-state index in [9.17, 15) is 18.0 Å². The van der Waals surface area contributed by atoms with Gasteiger partial charge in [-0.25, -0.2) is 13.2 Å². The van der Waals surface area contributed by atoms with Crippen LogP contribution in [0.3, 0.4) is 0 Å². The Bertz CT molecular complexity index is 1500. The largest absolute Gasteiger partial charge is 0.484 e. The summed E-state index contributed by atoms with van der Waals surface area (Å²) in [6.07, 6.45) is 0. The van der Waals surface area contributed by atoms with Gasteiger partial charge < -0.3 is 10.1 Å². The maximum atomic E-state index is 13.4. The predicted molar refractivity (Wildman–Crippen MR) is 125 cm³/mol. The number of amides is 1. The average molecular weight is 466 g/mol. The Balaban J connectivity index is 1.74. The molecule has 1 N–H and O–H groups in total. The summed E-state index contributed by atoms with van der Waals surface area (Å²) < 4.78 is 35.1. The normalized spacial score (nSPS) is 11.5. The van der Waals surface area contributed by atoms with Crippen LogP contribution in [-0.4, -0.2) is 30.1 Å². The Labute approximate surface area is 191 Å². The summed E-state index contributed by atoms with van der Waals surface area (Å²) in [6.45, 7) is 1.64. The summed E-state index contributed by atoms with van der Waals surface area (Å²) in [6, 6.07) is 18.1. The van der Waals surface area contributed by atoms with Crippen LogP contribution in [0.5, 0.6) is 5.75 Å². The Morgan fingerprint density at radius 2 is 1.55 bits per heavy atom. The summed E-state index contributed by atoms with van der Waals surface area (Å²) in [4.78, 5) is 25.0. The van der Waals surface area contributed by atoms with E-state index >= 15 is 0 Å². The second-order valence-electron chi connectivity index (χ2n) is 7.70. The van der Waals surface area contributed by atoms with Crippen LogP contribution >= 0.6 is 0 Å². The first-order valence-electron chi connectivity index (χ1n) is 10.2. The summed E-state index contributed by atoms with van der Waals surface area (Å²) in [5.74, 6) is -0.00541. The third kappa shape index (κ3) is 4.27. The molecule has 0 spiro atoms. The first-order valence-corrected chi connectivity index (χ1v) is 11.7. The summed E-state index contributed by atoms with van der Waals surface area (Å²) in [5.41, 5.74) is 1.75. The molecule has 0 unspecified atom stereocenters. The van der Waals surface area contributed by atoms with Gasteiger partial charge in [0.2, 0.25) is 9.84 Å². The van der Waals surface area contributed by atoms with E-state index in [0.29, 0.717) is 16.8 Å². The van der Waals surface area contributed by atoms with E-state index < -0.39 is 15.7 Å². The van der Waals surface area contributed by atoms with Crippen molar-refractivity contribution >= 4 is 32.5 Å². The zero-order valence-corrected chi connectivity index (χ0v) is 19.2. The molecule has 0 aliphatic carbocycles. The molecule has 0 aliphatic rings. The lowest BCUT2D eigenvalue weighted by Crippen LogP contribution is -2.21. The van der Waals surface area contributed by atoms with Crippen molar-refractivity contribution < 1.29 is 17.9 Å². The van der Waals surface area contributed by atoms with Crippen LogP contribution in [0.2, 0.25) is 0 Å². The number of anilines is 1. The number of nitrogens with one attached hydrogen (secondary N) is 1. The van der Waals surface area contributed by atoms with Gasteiger partial charge in [0.15, 0.2) is 6.61 Å². The third-order valence-electron chi connectivity index (χ3n) is 5.38. The van der Waals surface area contributed by atoms with Gasteiger partial charge in [-0.2, -0.15) is 0 Å². The number of imidazole rings is 1. The highest BCUT2D eigenvalue weighted by Gasteiger charge is 2.25. The number of aromatic nitrogens is 2. The zero-order valence-electron chi connectivity index (χ0n) is 18.4. The van der Waals surface area contributed by atoms with E-state index in [0.717, 1.165) is 5.56 Å². The molecule has 170 valence electrons. The van der Waals surface area contributed by atoms with Crippen molar-refractivity contribution in [3.63, 3.8) is 0 Å². The third-order valence-corrected chi connectivity index (χ3v) is 7.19. The lowest BCUT2D eigenvalue weighted by atomic mass is 10.2. The van der Waals surface area contributed by atoms with Gasteiger partial charge in [-0.15, -0.1) is 0 Å². The first kappa shape index (κ1) is 22.3. The number of hydrogen-bond acceptors (Lipinski definition) is 5. The van der Waals surface area contributed by atoms with Crippen molar-refractivity contribution in [2.24, 2.45) is 14.1 Å². The van der Waals surface area contributed by atoms with Gasteiger partial charge in [0.1, 0.15) is 5.75 Å². The molecule has 0 aliphatic heterocycles. The van der Waals surface area contributed by atoms with Crippen LogP contribution < -0.4 is 15.7 Å². The van der Waals surface area contributed by atoms with Crippen molar-refractivity contribution in [1.82, 2.24) is 9.13 Å². The number of sulfone groups is 1. The van der Waals surface area contributed by atoms with Gasteiger partial charge in [0.05, 0.1) is 26.5 Å². The lowest BCUT2D eigenvalue weighted by molar-refractivity contribution is -0.118. The molecule has 4 rings (SSSR count). The van der Waals surface area contributed by atoms with E-state index in [1.807, 2.05) is 19.1 Å². The Hall–Kier alpha value is -3.85. The number of nitrogens with zero attached hydrogens (tertiary/aromatic N) is 2. The molecule has 9 heteroatoms. The van der Waals surface area contributed by atoms with Crippen molar-refractivity contribution in [3.05, 3.63) is 82.8 Å². The van der Waals surface area contributed by atoms with E-state index in [-0.39, 0.29) is 27.8 Å². The number of aryl methyl sites for hydroxylation is 3. The molecule has 8 nitrogen and oxygen atoms in total. The smallest absolute Gasteiger partial charge is 0.328 e. The number of ether oxygens (including phenoxy) is 1. The van der Waals surface area contributed by atoms with Crippen LogP contribution in [0.25, 0.3) is 11.0 Å². The van der Waals surface area contributed by atoms with Crippen molar-refractivity contribution in [3.8, 4) is 5.75 Å². The van der Waals surface area contributed by atoms with Crippen LogP contribution in [0.1, 0.15) is 5.56 Å². The second-order valence-corrected chi connectivity index (χ2v) is 9.62. The van der Waals surface area contributed by atoms with Crippen molar-refractivity contribution in [1.29, 1.82) is 0 Å². The molecular weight excluding hydrogens is 442 g/mol.